The molecule has 0 aliphatic heterocycles. The Bertz CT molecular complexity index is 195. The molecule has 0 atom stereocenters. The van der Waals surface area contributed by atoms with E-state index < -0.39 is 6.09 Å². The zero-order chi connectivity index (χ0) is 9.72. The highest BCUT2D eigenvalue weighted by Crippen LogP contribution is 1.97. The van der Waals surface area contributed by atoms with Crippen LogP contribution in [0.2, 0.25) is 0 Å². The van der Waals surface area contributed by atoms with Crippen molar-refractivity contribution in [1.82, 2.24) is 4.90 Å². The fraction of sp³-hybridized carbons (Fsp3) is 0.286. The Balaban J connectivity index is 4.14. The van der Waals surface area contributed by atoms with Crippen LogP contribution >= 0.6 is 0 Å². The minimum absolute atomic E-state index is 0.227. The van der Waals surface area contributed by atoms with Crippen LogP contribution in [0.25, 0.3) is 0 Å². The van der Waals surface area contributed by atoms with Crippen molar-refractivity contribution in [2.24, 2.45) is 0 Å². The van der Waals surface area contributed by atoms with E-state index >= 15 is 0 Å². The Morgan fingerprint density at radius 1 is 1.08 bits per heavy atom. The van der Waals surface area contributed by atoms with Gasteiger partial charge in [-0.1, -0.05) is 13.2 Å². The molecule has 0 saturated heterocycles. The first-order valence-corrected chi connectivity index (χ1v) is 3.15. The van der Waals surface area contributed by atoms with Gasteiger partial charge in [-0.2, -0.15) is 0 Å². The molecule has 0 aromatic heterocycles. The zero-order valence-electron chi connectivity index (χ0n) is 6.53. The van der Waals surface area contributed by atoms with Crippen molar-refractivity contribution in [3.63, 3.8) is 0 Å². The average molecular weight is 173 g/mol. The lowest BCUT2D eigenvalue weighted by Crippen LogP contribution is -2.32. The van der Waals surface area contributed by atoms with Crippen LogP contribution in [-0.2, 0) is 0 Å². The summed E-state index contributed by atoms with van der Waals surface area (Å²) in [6.07, 6.45) is -1.25. The van der Waals surface area contributed by atoms with Crippen LogP contribution in [0.1, 0.15) is 0 Å². The summed E-state index contributed by atoms with van der Waals surface area (Å²) in [7, 11) is 0. The summed E-state index contributed by atoms with van der Waals surface area (Å²) in [5.74, 6) is -0.558. The maximum atomic E-state index is 10.4. The van der Waals surface area contributed by atoms with Gasteiger partial charge in [0.15, 0.2) is 0 Å². The molecule has 0 aromatic carbocycles. The molecule has 5 heteroatoms. The molecule has 3 N–H and O–H groups in total. The molecule has 0 radical (unpaired) electrons. The number of hydrogen-bond donors (Lipinski definition) is 3. The standard InChI is InChI=1S/C7H11NO4/c1-5(9)3-8(7(11)12)4-6(2)10/h9-10H,1-4H2,(H,11,12). The third-order valence-electron chi connectivity index (χ3n) is 1.02. The molecule has 0 rings (SSSR count). The van der Waals surface area contributed by atoms with E-state index in [4.69, 9.17) is 15.3 Å². The average Bonchev–Trinajstić information content (AvgIpc) is 1.83. The van der Waals surface area contributed by atoms with Crippen molar-refractivity contribution in [3.8, 4) is 0 Å². The largest absolute Gasteiger partial charge is 0.511 e. The molecular weight excluding hydrogens is 162 g/mol. The molecule has 12 heavy (non-hydrogen) atoms. The van der Waals surface area contributed by atoms with Crippen molar-refractivity contribution in [2.75, 3.05) is 13.1 Å². The van der Waals surface area contributed by atoms with Crippen LogP contribution < -0.4 is 0 Å². The normalized spacial score (nSPS) is 9.00. The summed E-state index contributed by atoms with van der Waals surface area (Å²) in [4.78, 5) is 11.2. The van der Waals surface area contributed by atoms with E-state index in [-0.39, 0.29) is 24.6 Å². The Morgan fingerprint density at radius 3 is 1.58 bits per heavy atom. The monoisotopic (exact) mass is 173 g/mol. The highest BCUT2D eigenvalue weighted by atomic mass is 16.4. The van der Waals surface area contributed by atoms with Gasteiger partial charge in [-0.25, -0.2) is 4.79 Å². The van der Waals surface area contributed by atoms with E-state index in [1.807, 2.05) is 0 Å². The lowest BCUT2D eigenvalue weighted by Gasteiger charge is -2.16. The maximum absolute atomic E-state index is 10.4. The predicted molar refractivity (Wildman–Crippen MR) is 43.1 cm³/mol. The second-order valence-corrected chi connectivity index (χ2v) is 2.27. The molecule has 0 spiro atoms. The van der Waals surface area contributed by atoms with Crippen LogP contribution in [0, 0.1) is 0 Å². The number of rotatable bonds is 4. The van der Waals surface area contributed by atoms with Gasteiger partial charge in [0, 0.05) is 0 Å². The number of hydrogen-bond acceptors (Lipinski definition) is 3. The fourth-order valence-electron chi connectivity index (χ4n) is 0.632. The summed E-state index contributed by atoms with van der Waals surface area (Å²) in [5.41, 5.74) is 0. The summed E-state index contributed by atoms with van der Waals surface area (Å²) >= 11 is 0. The summed E-state index contributed by atoms with van der Waals surface area (Å²) in [6, 6.07) is 0. The third-order valence-corrected chi connectivity index (χ3v) is 1.02. The highest BCUT2D eigenvalue weighted by molar-refractivity contribution is 5.65. The number of nitrogens with zero attached hydrogens (tertiary/aromatic N) is 1. The van der Waals surface area contributed by atoms with E-state index in [0.29, 0.717) is 0 Å². The Hall–Kier alpha value is -1.65. The van der Waals surface area contributed by atoms with Gasteiger partial charge in [-0.3, -0.25) is 4.90 Å². The molecule has 0 unspecified atom stereocenters. The minimum atomic E-state index is -1.25. The van der Waals surface area contributed by atoms with Gasteiger partial charge < -0.3 is 15.3 Å². The van der Waals surface area contributed by atoms with Gasteiger partial charge in [0.2, 0.25) is 0 Å². The lowest BCUT2D eigenvalue weighted by atomic mass is 10.4. The van der Waals surface area contributed by atoms with Crippen LogP contribution in [0.5, 0.6) is 0 Å². The molecule has 5 nitrogen and oxygen atoms in total. The second kappa shape index (κ2) is 4.27. The molecule has 0 bridgehead atoms. The molecule has 1 amide bonds. The van der Waals surface area contributed by atoms with E-state index in [1.54, 1.807) is 0 Å². The molecule has 0 heterocycles. The molecule has 0 fully saturated rings. The summed E-state index contributed by atoms with van der Waals surface area (Å²) in [5, 5.41) is 25.8. The van der Waals surface area contributed by atoms with Crippen molar-refractivity contribution >= 4 is 6.09 Å². The SMILES string of the molecule is C=C(O)CN(CC(=C)O)C(=O)O. The predicted octanol–water partition coefficient (Wildman–Crippen LogP) is 1.11. The molecule has 0 aliphatic rings. The quantitative estimate of drug-likeness (QED) is 0.556. The number of carboxylic acid groups (broad SMARTS) is 1. The van der Waals surface area contributed by atoms with E-state index in [9.17, 15) is 4.79 Å². The number of carbonyl (C=O) groups is 1. The second-order valence-electron chi connectivity index (χ2n) is 2.27. The van der Waals surface area contributed by atoms with Crippen molar-refractivity contribution in [2.45, 2.75) is 0 Å². The van der Waals surface area contributed by atoms with Crippen molar-refractivity contribution in [1.29, 1.82) is 0 Å². The van der Waals surface area contributed by atoms with Crippen molar-refractivity contribution in [3.05, 3.63) is 24.7 Å². The van der Waals surface area contributed by atoms with E-state index in [0.717, 1.165) is 4.90 Å². The molecular formula is C7H11NO4. The first-order valence-electron chi connectivity index (χ1n) is 3.15. The van der Waals surface area contributed by atoms with Gasteiger partial charge in [-0.15, -0.1) is 0 Å². The van der Waals surface area contributed by atoms with Gasteiger partial charge in [0.1, 0.15) is 11.5 Å². The van der Waals surface area contributed by atoms with Gasteiger partial charge in [-0.05, 0) is 0 Å². The highest BCUT2D eigenvalue weighted by Gasteiger charge is 2.12. The topological polar surface area (TPSA) is 81.0 Å². The molecule has 68 valence electrons. The maximum Gasteiger partial charge on any atom is 0.408 e. The molecule has 0 aromatic rings. The van der Waals surface area contributed by atoms with Crippen LogP contribution in [-0.4, -0.2) is 39.4 Å². The van der Waals surface area contributed by atoms with Gasteiger partial charge in [0.25, 0.3) is 0 Å². The summed E-state index contributed by atoms with van der Waals surface area (Å²) in [6.45, 7) is 5.79. The lowest BCUT2D eigenvalue weighted by molar-refractivity contribution is 0.141. The van der Waals surface area contributed by atoms with Crippen LogP contribution in [0.3, 0.4) is 0 Å². The molecule has 0 saturated carbocycles. The Morgan fingerprint density at radius 2 is 1.42 bits per heavy atom. The third kappa shape index (κ3) is 4.21. The number of aliphatic hydroxyl groups is 2. The zero-order valence-corrected chi connectivity index (χ0v) is 6.53. The van der Waals surface area contributed by atoms with Gasteiger partial charge in [0.05, 0.1) is 13.1 Å². The minimum Gasteiger partial charge on any atom is -0.511 e. The van der Waals surface area contributed by atoms with Crippen LogP contribution in [0.4, 0.5) is 4.79 Å². The molecule has 0 aliphatic carbocycles. The van der Waals surface area contributed by atoms with E-state index in [2.05, 4.69) is 13.2 Å². The first-order chi connectivity index (χ1) is 5.43. The van der Waals surface area contributed by atoms with E-state index in [1.165, 1.54) is 0 Å². The number of aliphatic hydroxyl groups excluding tert-OH is 2. The summed E-state index contributed by atoms with van der Waals surface area (Å²) < 4.78 is 0. The fourth-order valence-corrected chi connectivity index (χ4v) is 0.632. The Labute approximate surface area is 69.9 Å². The van der Waals surface area contributed by atoms with Crippen molar-refractivity contribution < 1.29 is 20.1 Å². The van der Waals surface area contributed by atoms with Gasteiger partial charge >= 0.3 is 6.09 Å². The smallest absolute Gasteiger partial charge is 0.408 e. The first kappa shape index (κ1) is 10.3. The Kier molecular flexibility index (Phi) is 3.69. The van der Waals surface area contributed by atoms with Crippen LogP contribution in [0.15, 0.2) is 24.7 Å². The number of amides is 1.